The second-order valence-corrected chi connectivity index (χ2v) is 5.88. The van der Waals surface area contributed by atoms with Crippen LogP contribution in [0.3, 0.4) is 0 Å². The van der Waals surface area contributed by atoms with Gasteiger partial charge in [0.15, 0.2) is 0 Å². The number of rotatable bonds is 3. The minimum absolute atomic E-state index is 0.0446. The summed E-state index contributed by atoms with van der Waals surface area (Å²) in [4.78, 5) is 0. The first-order chi connectivity index (χ1) is 9.70. The van der Waals surface area contributed by atoms with Crippen LogP contribution in [0.4, 0.5) is 0 Å². The maximum Gasteiger partial charge on any atom is 0.122 e. The van der Waals surface area contributed by atoms with Crippen LogP contribution in [-0.2, 0) is 13.0 Å². The Kier molecular flexibility index (Phi) is 3.81. The lowest BCUT2D eigenvalue weighted by molar-refractivity contribution is 0.0574. The highest BCUT2D eigenvalue weighted by atomic mass is 79.9. The molecule has 106 valence electrons. The lowest BCUT2D eigenvalue weighted by Gasteiger charge is -2.29. The van der Waals surface area contributed by atoms with Gasteiger partial charge in [-0.2, -0.15) is 5.10 Å². The second kappa shape index (κ2) is 5.58. The van der Waals surface area contributed by atoms with Gasteiger partial charge in [-0.05, 0) is 40.9 Å². The van der Waals surface area contributed by atoms with Crippen molar-refractivity contribution in [1.29, 1.82) is 0 Å². The second-order valence-electron chi connectivity index (χ2n) is 5.02. The Labute approximate surface area is 126 Å². The molecule has 20 heavy (non-hydrogen) atoms. The summed E-state index contributed by atoms with van der Waals surface area (Å²) in [5, 5.41) is 14.9. The van der Waals surface area contributed by atoms with Crippen LogP contribution in [0.1, 0.15) is 24.3 Å². The lowest BCUT2D eigenvalue weighted by atomic mass is 9.90. The van der Waals surface area contributed by atoms with Crippen LogP contribution in [0.15, 0.2) is 34.9 Å². The molecular weight excluding hydrogens is 320 g/mol. The first-order valence-corrected chi connectivity index (χ1v) is 7.60. The molecule has 0 amide bonds. The SMILES string of the molecule is CCn1ncc(Br)c1C(O)C1COc2ccccc2C1. The molecule has 0 spiro atoms. The monoisotopic (exact) mass is 336 g/mol. The van der Waals surface area contributed by atoms with E-state index in [1.165, 1.54) is 0 Å². The molecule has 3 rings (SSSR count). The highest BCUT2D eigenvalue weighted by Crippen LogP contribution is 2.35. The van der Waals surface area contributed by atoms with Crippen LogP contribution >= 0.6 is 15.9 Å². The fourth-order valence-corrected chi connectivity index (χ4v) is 3.23. The van der Waals surface area contributed by atoms with Crippen molar-refractivity contribution in [3.05, 3.63) is 46.2 Å². The number of aromatic nitrogens is 2. The third kappa shape index (κ3) is 2.36. The van der Waals surface area contributed by atoms with Gasteiger partial charge in [-0.3, -0.25) is 4.68 Å². The average Bonchev–Trinajstić information content (AvgIpc) is 2.87. The molecule has 2 aromatic rings. The molecule has 2 unspecified atom stereocenters. The van der Waals surface area contributed by atoms with E-state index in [-0.39, 0.29) is 5.92 Å². The standard InChI is InChI=1S/C15H17BrN2O2/c1-2-18-14(12(16)8-17-18)15(19)11-7-10-5-3-4-6-13(10)20-9-11/h3-6,8,11,15,19H,2,7,9H2,1H3. The normalized spacial score (nSPS) is 19.2. The molecule has 0 saturated heterocycles. The molecule has 2 atom stereocenters. The van der Waals surface area contributed by atoms with E-state index in [0.29, 0.717) is 6.61 Å². The highest BCUT2D eigenvalue weighted by molar-refractivity contribution is 9.10. The highest BCUT2D eigenvalue weighted by Gasteiger charge is 2.30. The molecule has 0 fully saturated rings. The van der Waals surface area contributed by atoms with Crippen LogP contribution in [0, 0.1) is 5.92 Å². The number of halogens is 1. The molecule has 0 aliphatic carbocycles. The van der Waals surface area contributed by atoms with Crippen molar-refractivity contribution in [3.63, 3.8) is 0 Å². The summed E-state index contributed by atoms with van der Waals surface area (Å²) in [6.07, 6.45) is 1.97. The molecule has 0 bridgehead atoms. The zero-order valence-corrected chi connectivity index (χ0v) is 12.9. The summed E-state index contributed by atoms with van der Waals surface area (Å²) in [5.74, 6) is 0.974. The Bertz CT molecular complexity index is 612. The molecule has 0 saturated carbocycles. The number of fused-ring (bicyclic) bond motifs is 1. The van der Waals surface area contributed by atoms with Crippen molar-refractivity contribution in [3.8, 4) is 5.75 Å². The Balaban J connectivity index is 1.85. The van der Waals surface area contributed by atoms with Crippen molar-refractivity contribution in [2.45, 2.75) is 26.0 Å². The van der Waals surface area contributed by atoms with Gasteiger partial charge >= 0.3 is 0 Å². The van der Waals surface area contributed by atoms with E-state index >= 15 is 0 Å². The zero-order valence-electron chi connectivity index (χ0n) is 11.3. The van der Waals surface area contributed by atoms with Crippen LogP contribution in [0.25, 0.3) is 0 Å². The van der Waals surface area contributed by atoms with Gasteiger partial charge in [-0.1, -0.05) is 18.2 Å². The minimum Gasteiger partial charge on any atom is -0.493 e. The third-order valence-corrected chi connectivity index (χ3v) is 4.38. The smallest absolute Gasteiger partial charge is 0.122 e. The van der Waals surface area contributed by atoms with Gasteiger partial charge in [-0.15, -0.1) is 0 Å². The van der Waals surface area contributed by atoms with Gasteiger partial charge in [0.1, 0.15) is 11.9 Å². The van der Waals surface area contributed by atoms with Crippen molar-refractivity contribution in [1.82, 2.24) is 9.78 Å². The number of aryl methyl sites for hydroxylation is 1. The summed E-state index contributed by atoms with van der Waals surface area (Å²) < 4.78 is 8.44. The number of para-hydroxylation sites is 1. The number of nitrogens with zero attached hydrogens (tertiary/aromatic N) is 2. The number of hydrogen-bond donors (Lipinski definition) is 1. The molecule has 1 aliphatic heterocycles. The minimum atomic E-state index is -0.583. The van der Waals surface area contributed by atoms with E-state index < -0.39 is 6.10 Å². The van der Waals surface area contributed by atoms with E-state index in [2.05, 4.69) is 27.1 Å². The predicted octanol–water partition coefficient (Wildman–Crippen LogP) is 2.95. The van der Waals surface area contributed by atoms with Crippen LogP contribution in [0.2, 0.25) is 0 Å². The first kappa shape index (κ1) is 13.6. The Morgan fingerprint density at radius 1 is 1.50 bits per heavy atom. The Hall–Kier alpha value is -1.33. The van der Waals surface area contributed by atoms with Gasteiger partial charge < -0.3 is 9.84 Å². The van der Waals surface area contributed by atoms with Crippen LogP contribution in [-0.4, -0.2) is 21.5 Å². The summed E-state index contributed by atoms with van der Waals surface area (Å²) in [7, 11) is 0. The molecule has 5 heteroatoms. The third-order valence-electron chi connectivity index (χ3n) is 3.77. The van der Waals surface area contributed by atoms with Crippen molar-refractivity contribution in [2.75, 3.05) is 6.61 Å². The largest absolute Gasteiger partial charge is 0.493 e. The van der Waals surface area contributed by atoms with Gasteiger partial charge in [0.05, 0.1) is 23.0 Å². The molecule has 1 aromatic heterocycles. The maximum absolute atomic E-state index is 10.7. The average molecular weight is 337 g/mol. The zero-order chi connectivity index (χ0) is 14.1. The summed E-state index contributed by atoms with van der Waals surface area (Å²) in [6.45, 7) is 3.28. The molecule has 1 aliphatic rings. The molecule has 0 radical (unpaired) electrons. The van der Waals surface area contributed by atoms with Gasteiger partial charge in [-0.25, -0.2) is 0 Å². The van der Waals surface area contributed by atoms with Gasteiger partial charge in [0.25, 0.3) is 0 Å². The lowest BCUT2D eigenvalue weighted by Crippen LogP contribution is -2.28. The first-order valence-electron chi connectivity index (χ1n) is 6.80. The Morgan fingerprint density at radius 3 is 3.10 bits per heavy atom. The van der Waals surface area contributed by atoms with Crippen molar-refractivity contribution >= 4 is 15.9 Å². The molecule has 1 N–H and O–H groups in total. The van der Waals surface area contributed by atoms with Crippen molar-refractivity contribution in [2.24, 2.45) is 5.92 Å². The van der Waals surface area contributed by atoms with E-state index in [1.807, 2.05) is 29.8 Å². The van der Waals surface area contributed by atoms with E-state index in [1.54, 1.807) is 6.20 Å². The fourth-order valence-electron chi connectivity index (χ4n) is 2.70. The molecule has 1 aromatic carbocycles. The Morgan fingerprint density at radius 2 is 2.30 bits per heavy atom. The molecule has 2 heterocycles. The molecule has 4 nitrogen and oxygen atoms in total. The van der Waals surface area contributed by atoms with Gasteiger partial charge in [0.2, 0.25) is 0 Å². The van der Waals surface area contributed by atoms with Crippen LogP contribution in [0.5, 0.6) is 5.75 Å². The molecular formula is C15H17BrN2O2. The number of hydrogen-bond acceptors (Lipinski definition) is 3. The fraction of sp³-hybridized carbons (Fsp3) is 0.400. The summed E-state index contributed by atoms with van der Waals surface area (Å²) in [5.41, 5.74) is 1.99. The number of benzene rings is 1. The number of aliphatic hydroxyl groups excluding tert-OH is 1. The topological polar surface area (TPSA) is 47.3 Å². The number of aliphatic hydroxyl groups is 1. The summed E-state index contributed by atoms with van der Waals surface area (Å²) in [6, 6.07) is 8.01. The van der Waals surface area contributed by atoms with E-state index in [4.69, 9.17) is 4.74 Å². The maximum atomic E-state index is 10.7. The van der Waals surface area contributed by atoms with Crippen molar-refractivity contribution < 1.29 is 9.84 Å². The van der Waals surface area contributed by atoms with E-state index in [0.717, 1.165) is 34.4 Å². The van der Waals surface area contributed by atoms with Crippen LogP contribution < -0.4 is 4.74 Å². The number of ether oxygens (including phenoxy) is 1. The van der Waals surface area contributed by atoms with E-state index in [9.17, 15) is 5.11 Å². The summed E-state index contributed by atoms with van der Waals surface area (Å²) >= 11 is 3.47. The predicted molar refractivity (Wildman–Crippen MR) is 79.7 cm³/mol. The van der Waals surface area contributed by atoms with Gasteiger partial charge in [0, 0.05) is 12.5 Å². The quantitative estimate of drug-likeness (QED) is 0.937.